The standard InChI is InChI=1S/C12H8Br2O2S/c13-10-7-4-8-11(14)12(10)17(15,16)9-5-2-1-3-6-9/h1-8H. The molecule has 0 aliphatic heterocycles. The van der Waals surface area contributed by atoms with Gasteiger partial charge < -0.3 is 0 Å². The Hall–Kier alpha value is -0.650. The third-order valence-corrected chi connectivity index (χ3v) is 5.96. The fraction of sp³-hybridized carbons (Fsp3) is 0. The van der Waals surface area contributed by atoms with Crippen LogP contribution in [-0.4, -0.2) is 8.42 Å². The topological polar surface area (TPSA) is 34.1 Å². The van der Waals surface area contributed by atoms with Crippen LogP contribution >= 0.6 is 31.9 Å². The highest BCUT2D eigenvalue weighted by Gasteiger charge is 2.22. The van der Waals surface area contributed by atoms with Crippen LogP contribution in [0.25, 0.3) is 0 Å². The van der Waals surface area contributed by atoms with E-state index in [2.05, 4.69) is 31.9 Å². The first kappa shape index (κ1) is 12.8. The predicted octanol–water partition coefficient (Wildman–Crippen LogP) is 4.04. The highest BCUT2D eigenvalue weighted by Crippen LogP contribution is 2.33. The van der Waals surface area contributed by atoms with E-state index in [1.807, 2.05) is 0 Å². The Balaban J connectivity index is 2.69. The highest BCUT2D eigenvalue weighted by molar-refractivity contribution is 9.11. The van der Waals surface area contributed by atoms with E-state index in [0.29, 0.717) is 8.95 Å². The summed E-state index contributed by atoms with van der Waals surface area (Å²) in [4.78, 5) is 0.541. The molecule has 0 N–H and O–H groups in total. The molecule has 5 heteroatoms. The average Bonchev–Trinajstić information content (AvgIpc) is 2.29. The normalized spacial score (nSPS) is 11.4. The van der Waals surface area contributed by atoms with Crippen molar-refractivity contribution in [3.05, 3.63) is 57.5 Å². The molecule has 88 valence electrons. The van der Waals surface area contributed by atoms with E-state index in [0.717, 1.165) is 0 Å². The molecule has 0 bridgehead atoms. The first-order valence-electron chi connectivity index (χ1n) is 4.77. The van der Waals surface area contributed by atoms with Gasteiger partial charge in [-0.1, -0.05) is 24.3 Å². The molecule has 2 aromatic rings. The summed E-state index contributed by atoms with van der Waals surface area (Å²) in [6.45, 7) is 0. The molecule has 2 aromatic carbocycles. The van der Waals surface area contributed by atoms with Gasteiger partial charge in [0, 0.05) is 8.95 Å². The maximum Gasteiger partial charge on any atom is 0.208 e. The molecule has 0 amide bonds. The minimum atomic E-state index is -3.49. The van der Waals surface area contributed by atoms with Crippen molar-refractivity contribution in [2.24, 2.45) is 0 Å². The van der Waals surface area contributed by atoms with E-state index in [1.54, 1.807) is 48.5 Å². The van der Waals surface area contributed by atoms with E-state index >= 15 is 0 Å². The van der Waals surface area contributed by atoms with Crippen molar-refractivity contribution in [2.45, 2.75) is 9.79 Å². The van der Waals surface area contributed by atoms with Crippen LogP contribution in [-0.2, 0) is 9.84 Å². The number of rotatable bonds is 2. The van der Waals surface area contributed by atoms with Gasteiger partial charge in [-0.3, -0.25) is 0 Å². The lowest BCUT2D eigenvalue weighted by Crippen LogP contribution is -2.03. The van der Waals surface area contributed by atoms with Gasteiger partial charge in [0.2, 0.25) is 9.84 Å². The zero-order valence-electron chi connectivity index (χ0n) is 8.60. The van der Waals surface area contributed by atoms with E-state index in [-0.39, 0.29) is 9.79 Å². The minimum absolute atomic E-state index is 0.256. The Morgan fingerprint density at radius 1 is 0.765 bits per heavy atom. The summed E-state index contributed by atoms with van der Waals surface area (Å²) < 4.78 is 25.9. The lowest BCUT2D eigenvalue weighted by atomic mass is 10.4. The van der Waals surface area contributed by atoms with Gasteiger partial charge >= 0.3 is 0 Å². The Morgan fingerprint density at radius 2 is 1.29 bits per heavy atom. The molecule has 0 saturated carbocycles. The van der Waals surface area contributed by atoms with Crippen molar-refractivity contribution in [3.63, 3.8) is 0 Å². The first-order valence-corrected chi connectivity index (χ1v) is 7.84. The van der Waals surface area contributed by atoms with Crippen LogP contribution in [0.5, 0.6) is 0 Å². The number of hydrogen-bond donors (Lipinski definition) is 0. The Kier molecular flexibility index (Phi) is 3.70. The average molecular weight is 376 g/mol. The van der Waals surface area contributed by atoms with Gasteiger partial charge in [-0.2, -0.15) is 0 Å². The summed E-state index contributed by atoms with van der Waals surface area (Å²) in [6, 6.07) is 13.6. The number of hydrogen-bond acceptors (Lipinski definition) is 2. The fourth-order valence-corrected chi connectivity index (χ4v) is 5.13. The van der Waals surface area contributed by atoms with Crippen LogP contribution in [0.1, 0.15) is 0 Å². The smallest absolute Gasteiger partial charge is 0.208 e. The van der Waals surface area contributed by atoms with Crippen molar-refractivity contribution in [2.75, 3.05) is 0 Å². The first-order chi connectivity index (χ1) is 8.03. The summed E-state index contributed by atoms with van der Waals surface area (Å²) in [5.41, 5.74) is 0. The van der Waals surface area contributed by atoms with E-state index in [9.17, 15) is 8.42 Å². The van der Waals surface area contributed by atoms with Crippen molar-refractivity contribution in [3.8, 4) is 0 Å². The van der Waals surface area contributed by atoms with Gasteiger partial charge in [-0.05, 0) is 56.1 Å². The van der Waals surface area contributed by atoms with E-state index in [1.165, 1.54) is 0 Å². The molecule has 0 unspecified atom stereocenters. The number of benzene rings is 2. The molecule has 17 heavy (non-hydrogen) atoms. The van der Waals surface area contributed by atoms with Crippen LogP contribution in [0.2, 0.25) is 0 Å². The minimum Gasteiger partial charge on any atom is -0.218 e. The zero-order chi connectivity index (χ0) is 12.5. The summed E-state index contributed by atoms with van der Waals surface area (Å²) in [5.74, 6) is 0. The third kappa shape index (κ3) is 2.46. The zero-order valence-corrected chi connectivity index (χ0v) is 12.6. The molecule has 0 saturated heterocycles. The molecule has 0 aromatic heterocycles. The second kappa shape index (κ2) is 4.92. The van der Waals surface area contributed by atoms with Crippen LogP contribution in [0.4, 0.5) is 0 Å². The third-order valence-electron chi connectivity index (χ3n) is 2.24. The van der Waals surface area contributed by atoms with E-state index < -0.39 is 9.84 Å². The summed E-state index contributed by atoms with van der Waals surface area (Å²) >= 11 is 6.54. The van der Waals surface area contributed by atoms with Gasteiger partial charge in [-0.15, -0.1) is 0 Å². The van der Waals surface area contributed by atoms with Gasteiger partial charge in [0.25, 0.3) is 0 Å². The molecule has 0 heterocycles. The van der Waals surface area contributed by atoms with Gasteiger partial charge in [-0.25, -0.2) is 8.42 Å². The van der Waals surface area contributed by atoms with Crippen molar-refractivity contribution in [1.82, 2.24) is 0 Å². The Morgan fingerprint density at radius 3 is 1.82 bits per heavy atom. The molecule has 0 spiro atoms. The van der Waals surface area contributed by atoms with Gasteiger partial charge in [0.1, 0.15) is 4.90 Å². The Bertz CT molecular complexity index is 617. The molecular weight excluding hydrogens is 368 g/mol. The van der Waals surface area contributed by atoms with Crippen molar-refractivity contribution >= 4 is 41.7 Å². The fourth-order valence-electron chi connectivity index (χ4n) is 1.46. The number of halogens is 2. The Labute approximate surface area is 117 Å². The van der Waals surface area contributed by atoms with Gasteiger partial charge in [0.15, 0.2) is 0 Å². The van der Waals surface area contributed by atoms with Crippen LogP contribution in [0.3, 0.4) is 0 Å². The summed E-state index contributed by atoms with van der Waals surface area (Å²) in [7, 11) is -3.49. The second-order valence-electron chi connectivity index (χ2n) is 3.37. The molecule has 0 aliphatic carbocycles. The second-order valence-corrected chi connectivity index (χ2v) is 6.96. The van der Waals surface area contributed by atoms with Gasteiger partial charge in [0.05, 0.1) is 4.90 Å². The SMILES string of the molecule is O=S(=O)(c1ccccc1)c1c(Br)cccc1Br. The molecular formula is C12H8Br2O2S. The van der Waals surface area contributed by atoms with Crippen molar-refractivity contribution < 1.29 is 8.42 Å². The molecule has 2 nitrogen and oxygen atoms in total. The summed E-state index contributed by atoms with van der Waals surface area (Å²) in [5, 5.41) is 0. The monoisotopic (exact) mass is 374 g/mol. The lowest BCUT2D eigenvalue weighted by molar-refractivity contribution is 0.595. The summed E-state index contributed by atoms with van der Waals surface area (Å²) in [6.07, 6.45) is 0. The highest BCUT2D eigenvalue weighted by atomic mass is 79.9. The van der Waals surface area contributed by atoms with Crippen LogP contribution < -0.4 is 0 Å². The quantitative estimate of drug-likeness (QED) is 0.793. The van der Waals surface area contributed by atoms with Crippen LogP contribution in [0, 0.1) is 0 Å². The number of sulfone groups is 1. The van der Waals surface area contributed by atoms with E-state index in [4.69, 9.17) is 0 Å². The molecule has 2 rings (SSSR count). The van der Waals surface area contributed by atoms with Crippen LogP contribution in [0.15, 0.2) is 67.3 Å². The molecule has 0 fully saturated rings. The molecule has 0 radical (unpaired) electrons. The maximum absolute atomic E-state index is 12.4. The molecule has 0 aliphatic rings. The predicted molar refractivity (Wildman–Crippen MR) is 73.7 cm³/mol. The molecule has 0 atom stereocenters. The van der Waals surface area contributed by atoms with Crippen molar-refractivity contribution in [1.29, 1.82) is 0 Å². The lowest BCUT2D eigenvalue weighted by Gasteiger charge is -2.08. The maximum atomic E-state index is 12.4. The largest absolute Gasteiger partial charge is 0.218 e.